The summed E-state index contributed by atoms with van der Waals surface area (Å²) in [5.41, 5.74) is 10.0. The van der Waals surface area contributed by atoms with Crippen LogP contribution in [0.4, 0.5) is 0 Å². The van der Waals surface area contributed by atoms with Crippen molar-refractivity contribution >= 4 is 5.91 Å². The first-order chi connectivity index (χ1) is 5.04. The molecule has 0 aromatic heterocycles. The molecule has 0 aliphatic carbocycles. The van der Waals surface area contributed by atoms with Gasteiger partial charge in [0.25, 0.3) is 0 Å². The second-order valence-corrected chi connectivity index (χ2v) is 3.16. The molecule has 4 nitrogen and oxygen atoms in total. The van der Waals surface area contributed by atoms with Gasteiger partial charge in [-0.1, -0.05) is 0 Å². The van der Waals surface area contributed by atoms with Crippen molar-refractivity contribution in [2.24, 2.45) is 11.5 Å². The van der Waals surface area contributed by atoms with E-state index in [1.54, 1.807) is 0 Å². The summed E-state index contributed by atoms with van der Waals surface area (Å²) in [6.45, 7) is 2.42. The molecule has 1 saturated heterocycles. The van der Waals surface area contributed by atoms with Crippen molar-refractivity contribution in [3.63, 3.8) is 0 Å². The highest BCUT2D eigenvalue weighted by Gasteiger charge is 2.36. The lowest BCUT2D eigenvalue weighted by molar-refractivity contribution is -0.128. The molecular formula is C7H14N2O2. The molecule has 0 aromatic rings. The molecular weight excluding hydrogens is 144 g/mol. The average Bonchev–Trinajstić information content (AvgIpc) is 1.86. The van der Waals surface area contributed by atoms with E-state index in [9.17, 15) is 4.79 Å². The number of rotatable bonds is 1. The summed E-state index contributed by atoms with van der Waals surface area (Å²) >= 11 is 0. The zero-order valence-electron chi connectivity index (χ0n) is 6.67. The van der Waals surface area contributed by atoms with Crippen LogP contribution in [0.2, 0.25) is 0 Å². The maximum atomic E-state index is 10.9. The number of carbonyl (C=O) groups excluding carboxylic acids is 1. The third kappa shape index (κ3) is 1.70. The zero-order chi connectivity index (χ0) is 8.48. The lowest BCUT2D eigenvalue weighted by Crippen LogP contribution is -2.56. The van der Waals surface area contributed by atoms with Crippen LogP contribution in [0, 0.1) is 0 Å². The summed E-state index contributed by atoms with van der Waals surface area (Å²) in [6.07, 6.45) is 1.11. The summed E-state index contributed by atoms with van der Waals surface area (Å²) in [5.74, 6) is -0.423. The van der Waals surface area contributed by atoms with Gasteiger partial charge in [-0.3, -0.25) is 4.79 Å². The first kappa shape index (κ1) is 8.49. The second kappa shape index (κ2) is 2.79. The molecule has 0 bridgehead atoms. The maximum Gasteiger partial charge on any atom is 0.237 e. The van der Waals surface area contributed by atoms with Gasteiger partial charge in [0.2, 0.25) is 5.91 Å². The van der Waals surface area contributed by atoms with Gasteiger partial charge in [-0.05, 0) is 13.3 Å². The molecule has 1 rings (SSSR count). The molecule has 0 saturated carbocycles. The molecule has 1 aliphatic rings. The van der Waals surface area contributed by atoms with Crippen LogP contribution in [0.1, 0.15) is 19.8 Å². The van der Waals surface area contributed by atoms with E-state index >= 15 is 0 Å². The number of ether oxygens (including phenoxy) is 1. The number of amides is 1. The Balaban J connectivity index is 2.63. The maximum absolute atomic E-state index is 10.9. The Kier molecular flexibility index (Phi) is 2.15. The third-order valence-corrected chi connectivity index (χ3v) is 2.09. The van der Waals surface area contributed by atoms with E-state index in [4.69, 9.17) is 16.2 Å². The molecule has 4 heteroatoms. The van der Waals surface area contributed by atoms with Crippen LogP contribution in [-0.4, -0.2) is 24.2 Å². The minimum absolute atomic E-state index is 0.0428. The van der Waals surface area contributed by atoms with Crippen LogP contribution in [0.25, 0.3) is 0 Å². The monoisotopic (exact) mass is 158 g/mol. The molecule has 2 unspecified atom stereocenters. The zero-order valence-corrected chi connectivity index (χ0v) is 6.67. The minimum atomic E-state index is -0.836. The SMILES string of the molecule is CC1CC(N)(C(N)=O)CCO1. The van der Waals surface area contributed by atoms with Gasteiger partial charge in [0.05, 0.1) is 11.6 Å². The Hall–Kier alpha value is -0.610. The highest BCUT2D eigenvalue weighted by atomic mass is 16.5. The Morgan fingerprint density at radius 1 is 1.73 bits per heavy atom. The van der Waals surface area contributed by atoms with Gasteiger partial charge < -0.3 is 16.2 Å². The molecule has 64 valence electrons. The van der Waals surface area contributed by atoms with Crippen molar-refractivity contribution in [2.75, 3.05) is 6.61 Å². The molecule has 1 aliphatic heterocycles. The number of nitrogens with two attached hydrogens (primary N) is 2. The summed E-state index contributed by atoms with van der Waals surface area (Å²) in [7, 11) is 0. The van der Waals surface area contributed by atoms with Gasteiger partial charge in [-0.2, -0.15) is 0 Å². The number of hydrogen-bond donors (Lipinski definition) is 2. The summed E-state index contributed by atoms with van der Waals surface area (Å²) < 4.78 is 5.24. The van der Waals surface area contributed by atoms with Crippen LogP contribution in [0.5, 0.6) is 0 Å². The van der Waals surface area contributed by atoms with Crippen LogP contribution in [0.3, 0.4) is 0 Å². The summed E-state index contributed by atoms with van der Waals surface area (Å²) in [4.78, 5) is 10.9. The minimum Gasteiger partial charge on any atom is -0.378 e. The van der Waals surface area contributed by atoms with Gasteiger partial charge in [-0.25, -0.2) is 0 Å². The highest BCUT2D eigenvalue weighted by molar-refractivity contribution is 5.84. The lowest BCUT2D eigenvalue weighted by Gasteiger charge is -2.33. The first-order valence-corrected chi connectivity index (χ1v) is 3.75. The van der Waals surface area contributed by atoms with Gasteiger partial charge >= 0.3 is 0 Å². The van der Waals surface area contributed by atoms with Crippen molar-refractivity contribution in [3.8, 4) is 0 Å². The van der Waals surface area contributed by atoms with Gasteiger partial charge in [-0.15, -0.1) is 0 Å². The Morgan fingerprint density at radius 2 is 2.36 bits per heavy atom. The fourth-order valence-corrected chi connectivity index (χ4v) is 1.34. The molecule has 2 atom stereocenters. The molecule has 0 aromatic carbocycles. The largest absolute Gasteiger partial charge is 0.378 e. The molecule has 1 heterocycles. The standard InChI is InChI=1S/C7H14N2O2/c1-5-4-7(9,6(8)10)2-3-11-5/h5H,2-4,9H2,1H3,(H2,8,10). The van der Waals surface area contributed by atoms with Gasteiger partial charge in [0.15, 0.2) is 0 Å². The highest BCUT2D eigenvalue weighted by Crippen LogP contribution is 2.21. The Bertz CT molecular complexity index is 172. The molecule has 0 spiro atoms. The van der Waals surface area contributed by atoms with Crippen molar-refractivity contribution in [2.45, 2.75) is 31.4 Å². The van der Waals surface area contributed by atoms with Gasteiger partial charge in [0.1, 0.15) is 0 Å². The lowest BCUT2D eigenvalue weighted by atomic mass is 9.87. The smallest absolute Gasteiger partial charge is 0.237 e. The fraction of sp³-hybridized carbons (Fsp3) is 0.857. The summed E-state index contributed by atoms with van der Waals surface area (Å²) in [6, 6.07) is 0. The van der Waals surface area contributed by atoms with Crippen molar-refractivity contribution in [1.29, 1.82) is 0 Å². The van der Waals surface area contributed by atoms with Crippen molar-refractivity contribution < 1.29 is 9.53 Å². The quantitative estimate of drug-likeness (QED) is 0.533. The van der Waals surface area contributed by atoms with Crippen molar-refractivity contribution in [1.82, 2.24) is 0 Å². The van der Waals surface area contributed by atoms with E-state index in [-0.39, 0.29) is 6.10 Å². The van der Waals surface area contributed by atoms with E-state index in [2.05, 4.69) is 0 Å². The van der Waals surface area contributed by atoms with Crippen LogP contribution < -0.4 is 11.5 Å². The second-order valence-electron chi connectivity index (χ2n) is 3.16. The predicted molar refractivity (Wildman–Crippen MR) is 40.8 cm³/mol. The van der Waals surface area contributed by atoms with Gasteiger partial charge in [0, 0.05) is 13.0 Å². The van der Waals surface area contributed by atoms with Crippen LogP contribution >= 0.6 is 0 Å². The number of carbonyl (C=O) groups is 1. The van der Waals surface area contributed by atoms with Crippen LogP contribution in [-0.2, 0) is 9.53 Å². The van der Waals surface area contributed by atoms with E-state index in [0.717, 1.165) is 0 Å². The fourth-order valence-electron chi connectivity index (χ4n) is 1.34. The number of hydrogen-bond acceptors (Lipinski definition) is 3. The predicted octanol–water partition coefficient (Wildman–Crippen LogP) is -0.632. The Labute approximate surface area is 65.9 Å². The Morgan fingerprint density at radius 3 is 2.73 bits per heavy atom. The van der Waals surface area contributed by atoms with E-state index in [1.807, 2.05) is 6.92 Å². The van der Waals surface area contributed by atoms with Crippen LogP contribution in [0.15, 0.2) is 0 Å². The topological polar surface area (TPSA) is 78.3 Å². The molecule has 4 N–H and O–H groups in total. The molecule has 11 heavy (non-hydrogen) atoms. The number of primary amides is 1. The van der Waals surface area contributed by atoms with E-state index in [0.29, 0.717) is 19.4 Å². The molecule has 1 amide bonds. The first-order valence-electron chi connectivity index (χ1n) is 3.75. The normalized spacial score (nSPS) is 38.5. The average molecular weight is 158 g/mol. The summed E-state index contributed by atoms with van der Waals surface area (Å²) in [5, 5.41) is 0. The van der Waals surface area contributed by atoms with Crippen molar-refractivity contribution in [3.05, 3.63) is 0 Å². The van der Waals surface area contributed by atoms with E-state index < -0.39 is 11.4 Å². The van der Waals surface area contributed by atoms with E-state index in [1.165, 1.54) is 0 Å². The molecule has 0 radical (unpaired) electrons. The third-order valence-electron chi connectivity index (χ3n) is 2.09. The molecule has 1 fully saturated rings.